The molecule has 186 valence electrons. The summed E-state index contributed by atoms with van der Waals surface area (Å²) < 4.78 is 13.5. The fourth-order valence-corrected chi connectivity index (χ4v) is 6.01. The maximum atomic E-state index is 13.3. The fraction of sp³-hybridized carbons (Fsp3) is 0.500. The molecule has 5 rings (SSSR count). The van der Waals surface area contributed by atoms with E-state index in [1.54, 1.807) is 6.26 Å². The molecule has 1 amide bonds. The number of likely N-dealkylation sites (tertiary alicyclic amines) is 1. The van der Waals surface area contributed by atoms with Gasteiger partial charge in [0.2, 0.25) is 11.7 Å². The van der Waals surface area contributed by atoms with Crippen LogP contribution in [-0.2, 0) is 16.1 Å². The first kappa shape index (κ1) is 24.1. The first-order valence-electron chi connectivity index (χ1n) is 12.4. The number of nitrogens with zero attached hydrogens (tertiary/aromatic N) is 5. The average Bonchev–Trinajstić information content (AvgIpc) is 3.59. The Morgan fingerprint density at radius 1 is 1.09 bits per heavy atom. The van der Waals surface area contributed by atoms with Crippen molar-refractivity contribution in [1.29, 1.82) is 0 Å². The highest BCUT2D eigenvalue weighted by molar-refractivity contribution is 7.99. The van der Waals surface area contributed by atoms with Crippen molar-refractivity contribution in [3.8, 4) is 11.6 Å². The number of benzene rings is 1. The molecule has 4 heterocycles. The summed E-state index contributed by atoms with van der Waals surface area (Å²) in [5.74, 6) is 1.85. The Morgan fingerprint density at radius 2 is 1.89 bits per heavy atom. The predicted molar refractivity (Wildman–Crippen MR) is 135 cm³/mol. The molecule has 0 bridgehead atoms. The van der Waals surface area contributed by atoms with Crippen LogP contribution in [0.3, 0.4) is 0 Å². The number of thioether (sulfide) groups is 1. The van der Waals surface area contributed by atoms with Crippen LogP contribution in [0.25, 0.3) is 11.6 Å². The molecule has 0 spiro atoms. The summed E-state index contributed by atoms with van der Waals surface area (Å²) in [6.45, 7) is 8.46. The van der Waals surface area contributed by atoms with E-state index in [0.29, 0.717) is 23.9 Å². The molecular weight excluding hydrogens is 462 g/mol. The van der Waals surface area contributed by atoms with Crippen LogP contribution in [-0.4, -0.2) is 80.7 Å². The van der Waals surface area contributed by atoms with Gasteiger partial charge in [0.25, 0.3) is 0 Å². The number of morpholine rings is 1. The third-order valence-corrected chi connectivity index (χ3v) is 7.58. The number of carbonyl (C=O) groups excluding carboxylic acids is 1. The number of ether oxygens (including phenoxy) is 1. The summed E-state index contributed by atoms with van der Waals surface area (Å²) in [6, 6.07) is 14.2. The molecule has 9 heteroatoms. The van der Waals surface area contributed by atoms with Crippen molar-refractivity contribution >= 4 is 17.7 Å². The highest BCUT2D eigenvalue weighted by Crippen LogP contribution is 2.27. The van der Waals surface area contributed by atoms with Gasteiger partial charge in [-0.2, -0.15) is 0 Å². The van der Waals surface area contributed by atoms with Crippen LogP contribution in [0, 0.1) is 0 Å². The third kappa shape index (κ3) is 5.79. The summed E-state index contributed by atoms with van der Waals surface area (Å²) in [4.78, 5) is 17.8. The van der Waals surface area contributed by atoms with Gasteiger partial charge in [0.05, 0.1) is 30.8 Å². The van der Waals surface area contributed by atoms with Crippen LogP contribution in [0.15, 0.2) is 58.3 Å². The molecule has 3 unspecified atom stereocenters. The van der Waals surface area contributed by atoms with Crippen molar-refractivity contribution in [3.63, 3.8) is 0 Å². The first-order chi connectivity index (χ1) is 17.1. The van der Waals surface area contributed by atoms with E-state index in [-0.39, 0.29) is 24.2 Å². The van der Waals surface area contributed by atoms with Gasteiger partial charge in [-0.1, -0.05) is 42.1 Å². The van der Waals surface area contributed by atoms with Crippen LogP contribution < -0.4 is 0 Å². The maximum Gasteiger partial charge on any atom is 0.233 e. The Bertz CT molecular complexity index is 1090. The van der Waals surface area contributed by atoms with E-state index in [0.717, 1.165) is 49.7 Å². The van der Waals surface area contributed by atoms with Gasteiger partial charge >= 0.3 is 0 Å². The number of furan rings is 1. The Balaban J connectivity index is 1.26. The fourth-order valence-electron chi connectivity index (χ4n) is 5.19. The zero-order valence-corrected chi connectivity index (χ0v) is 21.2. The molecule has 2 aromatic heterocycles. The summed E-state index contributed by atoms with van der Waals surface area (Å²) >= 11 is 1.45. The Labute approximate surface area is 210 Å². The minimum Gasteiger partial charge on any atom is -0.461 e. The highest BCUT2D eigenvalue weighted by atomic mass is 32.2. The van der Waals surface area contributed by atoms with Gasteiger partial charge in [0.1, 0.15) is 0 Å². The molecule has 0 radical (unpaired) electrons. The molecule has 0 saturated carbocycles. The lowest BCUT2D eigenvalue weighted by atomic mass is 10.1. The van der Waals surface area contributed by atoms with Crippen molar-refractivity contribution < 1.29 is 13.9 Å². The van der Waals surface area contributed by atoms with Crippen molar-refractivity contribution in [1.82, 2.24) is 24.6 Å². The molecule has 2 aliphatic heterocycles. The number of carbonyl (C=O) groups is 1. The van der Waals surface area contributed by atoms with Crippen molar-refractivity contribution in [2.45, 2.75) is 56.6 Å². The van der Waals surface area contributed by atoms with Gasteiger partial charge < -0.3 is 14.1 Å². The van der Waals surface area contributed by atoms with E-state index in [1.165, 1.54) is 11.8 Å². The number of amides is 1. The Kier molecular flexibility index (Phi) is 7.55. The molecule has 35 heavy (non-hydrogen) atoms. The summed E-state index contributed by atoms with van der Waals surface area (Å²) in [7, 11) is 0. The second-order valence-corrected chi connectivity index (χ2v) is 10.4. The van der Waals surface area contributed by atoms with Gasteiger partial charge in [-0.05, 0) is 44.4 Å². The highest BCUT2D eigenvalue weighted by Gasteiger charge is 2.32. The van der Waals surface area contributed by atoms with Crippen LogP contribution in [0.1, 0.15) is 32.3 Å². The minimum absolute atomic E-state index is 0.167. The summed E-state index contributed by atoms with van der Waals surface area (Å²) in [5.41, 5.74) is 1.14. The molecular formula is C26H33N5O3S. The lowest BCUT2D eigenvalue weighted by molar-refractivity contribution is -0.130. The van der Waals surface area contributed by atoms with E-state index < -0.39 is 0 Å². The first-order valence-corrected chi connectivity index (χ1v) is 13.4. The van der Waals surface area contributed by atoms with Crippen LogP contribution in [0.5, 0.6) is 0 Å². The van der Waals surface area contributed by atoms with Gasteiger partial charge in [-0.3, -0.25) is 14.3 Å². The molecule has 2 aliphatic rings. The topological polar surface area (TPSA) is 76.6 Å². The Morgan fingerprint density at radius 3 is 2.63 bits per heavy atom. The number of aromatic nitrogens is 3. The lowest BCUT2D eigenvalue weighted by Crippen LogP contribution is -2.51. The summed E-state index contributed by atoms with van der Waals surface area (Å²) in [5, 5.41) is 9.53. The standard InChI is InChI=1S/C26H33N5O3S/c1-19-14-29(15-20(2)34-19)17-22-10-6-12-30(22)24(32)18-35-26-28-27-25(23-11-7-13-33-23)31(26)16-21-8-4-3-5-9-21/h3-5,7-9,11,13,19-20,22H,6,10,12,14-18H2,1-2H3. The van der Waals surface area contributed by atoms with Crippen LogP contribution in [0.2, 0.25) is 0 Å². The van der Waals surface area contributed by atoms with Gasteiger partial charge in [-0.15, -0.1) is 10.2 Å². The monoisotopic (exact) mass is 495 g/mol. The SMILES string of the molecule is CC1CN(CC2CCCN2C(=O)CSc2nnc(-c3ccco3)n2Cc2ccccc2)CC(C)O1. The predicted octanol–water partition coefficient (Wildman–Crippen LogP) is 3.78. The molecule has 0 aliphatic carbocycles. The van der Waals surface area contributed by atoms with E-state index in [2.05, 4.69) is 46.0 Å². The molecule has 8 nitrogen and oxygen atoms in total. The van der Waals surface area contributed by atoms with Crippen molar-refractivity contribution in [2.75, 3.05) is 31.9 Å². The zero-order valence-electron chi connectivity index (χ0n) is 20.4. The second-order valence-electron chi connectivity index (χ2n) is 9.50. The van der Waals surface area contributed by atoms with Crippen LogP contribution in [0.4, 0.5) is 0 Å². The third-order valence-electron chi connectivity index (χ3n) is 6.63. The quantitative estimate of drug-likeness (QED) is 0.440. The van der Waals surface area contributed by atoms with E-state index in [9.17, 15) is 4.79 Å². The lowest BCUT2D eigenvalue weighted by Gasteiger charge is -2.38. The molecule has 2 saturated heterocycles. The number of rotatable bonds is 8. The molecule has 3 atom stereocenters. The van der Waals surface area contributed by atoms with Crippen LogP contribution >= 0.6 is 11.8 Å². The maximum absolute atomic E-state index is 13.3. The molecule has 1 aromatic carbocycles. The molecule has 2 fully saturated rings. The normalized spacial score (nSPS) is 23.1. The van der Waals surface area contributed by atoms with Crippen molar-refractivity contribution in [2.24, 2.45) is 0 Å². The van der Waals surface area contributed by atoms with Gasteiger partial charge in [0.15, 0.2) is 10.9 Å². The minimum atomic E-state index is 0.167. The van der Waals surface area contributed by atoms with Gasteiger partial charge in [-0.25, -0.2) is 0 Å². The average molecular weight is 496 g/mol. The Hall–Kier alpha value is -2.62. The summed E-state index contributed by atoms with van der Waals surface area (Å²) in [6.07, 6.45) is 4.22. The zero-order chi connectivity index (χ0) is 24.2. The number of hydrogen-bond acceptors (Lipinski definition) is 7. The van der Waals surface area contributed by atoms with E-state index in [4.69, 9.17) is 9.15 Å². The van der Waals surface area contributed by atoms with Gasteiger partial charge in [0, 0.05) is 32.2 Å². The number of hydrogen-bond donors (Lipinski definition) is 0. The second kappa shape index (κ2) is 11.0. The van der Waals surface area contributed by atoms with Crippen molar-refractivity contribution in [3.05, 3.63) is 54.3 Å². The van der Waals surface area contributed by atoms with E-state index >= 15 is 0 Å². The molecule has 0 N–H and O–H groups in total. The smallest absolute Gasteiger partial charge is 0.233 e. The largest absolute Gasteiger partial charge is 0.461 e. The van der Waals surface area contributed by atoms with E-state index in [1.807, 2.05) is 34.9 Å². The molecule has 3 aromatic rings.